The van der Waals surface area contributed by atoms with Crippen molar-refractivity contribution >= 4 is 38.9 Å². The summed E-state index contributed by atoms with van der Waals surface area (Å²) in [4.78, 5) is 0.942. The highest BCUT2D eigenvalue weighted by molar-refractivity contribution is 9.10. The van der Waals surface area contributed by atoms with E-state index in [0.29, 0.717) is 10.9 Å². The van der Waals surface area contributed by atoms with Crippen molar-refractivity contribution < 1.29 is 8.78 Å². The lowest BCUT2D eigenvalue weighted by Gasteiger charge is -2.00. The molecule has 1 heterocycles. The molecule has 0 aromatic carbocycles. The molecule has 0 amide bonds. The molecule has 0 unspecified atom stereocenters. The Morgan fingerprint density at radius 1 is 1.62 bits per heavy atom. The van der Waals surface area contributed by atoms with Gasteiger partial charge in [-0.2, -0.15) is 0 Å². The van der Waals surface area contributed by atoms with Gasteiger partial charge in [0.1, 0.15) is 4.34 Å². The number of hydrogen-bond donors (Lipinski definition) is 1. The molecule has 0 aliphatic heterocycles. The van der Waals surface area contributed by atoms with Crippen molar-refractivity contribution in [3.8, 4) is 0 Å². The first-order valence-electron chi connectivity index (χ1n) is 3.52. The lowest BCUT2D eigenvalue weighted by molar-refractivity contribution is 0.145. The molecule has 1 nitrogen and oxygen atoms in total. The molecule has 0 spiro atoms. The van der Waals surface area contributed by atoms with Crippen molar-refractivity contribution in [2.75, 3.05) is 6.54 Å². The number of rotatable bonds is 4. The average Bonchev–Trinajstić information content (AvgIpc) is 2.30. The Kier molecular flexibility index (Phi) is 4.58. The molecule has 1 aromatic heterocycles. The molecule has 0 saturated heterocycles. The lowest BCUT2D eigenvalue weighted by Crippen LogP contribution is -2.19. The first-order chi connectivity index (χ1) is 6.09. The van der Waals surface area contributed by atoms with Crippen LogP contribution in [0, 0.1) is 0 Å². The molecule has 6 heteroatoms. The second-order valence-corrected chi connectivity index (χ2v) is 4.95. The van der Waals surface area contributed by atoms with Gasteiger partial charge >= 0.3 is 0 Å². The summed E-state index contributed by atoms with van der Waals surface area (Å²) < 4.78 is 24.9. The fourth-order valence-electron chi connectivity index (χ4n) is 0.783. The Hall–Kier alpha value is 0.290. The van der Waals surface area contributed by atoms with Gasteiger partial charge in [-0.15, -0.1) is 11.3 Å². The fourth-order valence-corrected chi connectivity index (χ4v) is 2.54. The normalized spacial score (nSPS) is 11.2. The molecular weight excluding hydrogens is 284 g/mol. The molecule has 0 atom stereocenters. The van der Waals surface area contributed by atoms with Gasteiger partial charge in [0.2, 0.25) is 0 Å². The van der Waals surface area contributed by atoms with E-state index < -0.39 is 6.43 Å². The summed E-state index contributed by atoms with van der Waals surface area (Å²) in [6, 6.07) is 1.82. The van der Waals surface area contributed by atoms with Crippen molar-refractivity contribution in [3.63, 3.8) is 0 Å². The second-order valence-electron chi connectivity index (χ2n) is 2.36. The Labute approximate surface area is 92.2 Å². The third kappa shape index (κ3) is 3.89. The van der Waals surface area contributed by atoms with Crippen molar-refractivity contribution in [3.05, 3.63) is 19.8 Å². The summed E-state index contributed by atoms with van der Waals surface area (Å²) in [5.74, 6) is 0. The lowest BCUT2D eigenvalue weighted by atomic mass is 10.4. The number of nitrogens with one attached hydrogen (secondary N) is 1. The first kappa shape index (κ1) is 11.4. The Morgan fingerprint density at radius 2 is 2.31 bits per heavy atom. The molecule has 0 fully saturated rings. The van der Waals surface area contributed by atoms with Crippen LogP contribution >= 0.6 is 38.9 Å². The Bertz CT molecular complexity index is 260. The van der Waals surface area contributed by atoms with Gasteiger partial charge in [-0.1, -0.05) is 11.6 Å². The molecule has 13 heavy (non-hydrogen) atoms. The summed E-state index contributed by atoms with van der Waals surface area (Å²) in [7, 11) is 0. The van der Waals surface area contributed by atoms with Crippen LogP contribution in [-0.4, -0.2) is 13.0 Å². The van der Waals surface area contributed by atoms with Crippen molar-refractivity contribution in [1.82, 2.24) is 5.32 Å². The highest BCUT2D eigenvalue weighted by atomic mass is 79.9. The number of halogens is 4. The number of hydrogen-bond acceptors (Lipinski definition) is 2. The summed E-state index contributed by atoms with van der Waals surface area (Å²) in [5.41, 5.74) is 0. The minimum atomic E-state index is -2.31. The van der Waals surface area contributed by atoms with E-state index in [9.17, 15) is 8.78 Å². The molecule has 0 saturated carbocycles. The van der Waals surface area contributed by atoms with Gasteiger partial charge in [0.05, 0.1) is 6.54 Å². The zero-order chi connectivity index (χ0) is 9.84. The van der Waals surface area contributed by atoms with E-state index in [1.165, 1.54) is 11.3 Å². The molecule has 74 valence electrons. The van der Waals surface area contributed by atoms with Crippen LogP contribution in [0.4, 0.5) is 8.78 Å². The summed E-state index contributed by atoms with van der Waals surface area (Å²) in [5, 5.41) is 2.62. The van der Waals surface area contributed by atoms with Gasteiger partial charge in [0.15, 0.2) is 0 Å². The van der Waals surface area contributed by atoms with Crippen LogP contribution in [0.15, 0.2) is 10.5 Å². The third-order valence-electron chi connectivity index (χ3n) is 1.29. The zero-order valence-corrected chi connectivity index (χ0v) is 9.65. The van der Waals surface area contributed by atoms with Crippen molar-refractivity contribution in [2.24, 2.45) is 0 Å². The van der Waals surface area contributed by atoms with E-state index in [-0.39, 0.29) is 6.54 Å². The molecule has 1 aromatic rings. The fraction of sp³-hybridized carbons (Fsp3) is 0.429. The van der Waals surface area contributed by atoms with E-state index in [1.807, 2.05) is 6.07 Å². The number of thiophene rings is 1. The SMILES string of the molecule is FC(F)CNCc1cc(Br)c(Cl)s1. The molecule has 0 aliphatic carbocycles. The molecular formula is C7H7BrClF2NS. The average molecular weight is 291 g/mol. The first-order valence-corrected chi connectivity index (χ1v) is 5.51. The Morgan fingerprint density at radius 3 is 2.77 bits per heavy atom. The van der Waals surface area contributed by atoms with Crippen molar-refractivity contribution in [1.29, 1.82) is 0 Å². The largest absolute Gasteiger partial charge is 0.306 e. The van der Waals surface area contributed by atoms with Crippen molar-refractivity contribution in [2.45, 2.75) is 13.0 Å². The van der Waals surface area contributed by atoms with Crippen LogP contribution in [0.1, 0.15) is 4.88 Å². The van der Waals surface area contributed by atoms with Crippen LogP contribution in [0.25, 0.3) is 0 Å². The smallest absolute Gasteiger partial charge is 0.250 e. The minimum absolute atomic E-state index is 0.285. The van der Waals surface area contributed by atoms with Gasteiger partial charge in [0.25, 0.3) is 6.43 Å². The van der Waals surface area contributed by atoms with E-state index in [0.717, 1.165) is 9.35 Å². The maximum Gasteiger partial charge on any atom is 0.250 e. The van der Waals surface area contributed by atoms with Crippen LogP contribution in [0.3, 0.4) is 0 Å². The molecule has 0 bridgehead atoms. The van der Waals surface area contributed by atoms with Crippen LogP contribution in [-0.2, 0) is 6.54 Å². The third-order valence-corrected chi connectivity index (χ3v) is 3.77. The van der Waals surface area contributed by atoms with E-state index >= 15 is 0 Å². The van der Waals surface area contributed by atoms with Gasteiger partial charge in [-0.3, -0.25) is 0 Å². The predicted octanol–water partition coefficient (Wildman–Crippen LogP) is 3.52. The van der Waals surface area contributed by atoms with E-state index in [1.54, 1.807) is 0 Å². The number of alkyl halides is 2. The predicted molar refractivity (Wildman–Crippen MR) is 54.7 cm³/mol. The molecule has 1 N–H and O–H groups in total. The van der Waals surface area contributed by atoms with Gasteiger partial charge < -0.3 is 5.32 Å². The topological polar surface area (TPSA) is 12.0 Å². The molecule has 0 aliphatic rings. The maximum absolute atomic E-state index is 11.7. The van der Waals surface area contributed by atoms with Crippen LogP contribution < -0.4 is 5.32 Å². The monoisotopic (exact) mass is 289 g/mol. The standard InChI is InChI=1S/C7H7BrClF2NS/c8-5-1-4(13-7(5)9)2-12-3-6(10)11/h1,6,12H,2-3H2. The van der Waals surface area contributed by atoms with E-state index in [2.05, 4.69) is 21.2 Å². The maximum atomic E-state index is 11.7. The summed E-state index contributed by atoms with van der Waals surface area (Å²) in [6.45, 7) is 0.146. The van der Waals surface area contributed by atoms with Gasteiger partial charge in [-0.05, 0) is 22.0 Å². The highest BCUT2D eigenvalue weighted by Gasteiger charge is 2.05. The van der Waals surface area contributed by atoms with Gasteiger partial charge in [0, 0.05) is 15.9 Å². The van der Waals surface area contributed by atoms with Crippen LogP contribution in [0.2, 0.25) is 4.34 Å². The minimum Gasteiger partial charge on any atom is -0.306 e. The molecule has 0 radical (unpaired) electrons. The molecule has 1 rings (SSSR count). The summed E-state index contributed by atoms with van der Waals surface area (Å²) >= 11 is 10.4. The zero-order valence-electron chi connectivity index (χ0n) is 6.49. The second kappa shape index (κ2) is 5.24. The van der Waals surface area contributed by atoms with Gasteiger partial charge in [-0.25, -0.2) is 8.78 Å². The van der Waals surface area contributed by atoms with Crippen LogP contribution in [0.5, 0.6) is 0 Å². The Balaban J connectivity index is 2.37. The quantitative estimate of drug-likeness (QED) is 0.894. The summed E-state index contributed by atoms with van der Waals surface area (Å²) in [6.07, 6.45) is -2.31. The van der Waals surface area contributed by atoms with E-state index in [4.69, 9.17) is 11.6 Å². The highest BCUT2D eigenvalue weighted by Crippen LogP contribution is 2.31.